The fourth-order valence-electron chi connectivity index (χ4n) is 2.39. The third-order valence-corrected chi connectivity index (χ3v) is 3.75. The van der Waals surface area contributed by atoms with E-state index in [4.69, 9.17) is 11.6 Å². The molecular formula is C18H12ClF4N3O2. The Morgan fingerprint density at radius 3 is 2.54 bits per heavy atom. The third kappa shape index (κ3) is 5.01. The molecule has 0 aliphatic rings. The molecule has 0 radical (unpaired) electrons. The zero-order valence-electron chi connectivity index (χ0n) is 14.0. The number of rotatable bonds is 7. The zero-order chi connectivity index (χ0) is 20.1. The number of nitrogens with one attached hydrogen (secondary N) is 1. The van der Waals surface area contributed by atoms with Crippen LogP contribution < -0.4 is 14.9 Å². The normalized spacial score (nSPS) is 11.5. The summed E-state index contributed by atoms with van der Waals surface area (Å²) in [6.45, 7) is -6.23. The number of nitrogens with zero attached hydrogens (tertiary/aromatic N) is 2. The van der Waals surface area contributed by atoms with Crippen LogP contribution in [0.15, 0.2) is 53.8 Å². The van der Waals surface area contributed by atoms with Crippen LogP contribution in [0.2, 0.25) is 5.02 Å². The van der Waals surface area contributed by atoms with Crippen molar-refractivity contribution in [2.75, 3.05) is 5.43 Å². The predicted molar refractivity (Wildman–Crippen MR) is 97.7 cm³/mol. The first kappa shape index (κ1) is 19.7. The highest BCUT2D eigenvalue weighted by molar-refractivity contribution is 6.31. The number of hydrazone groups is 1. The molecule has 3 aromatic rings. The Hall–Kier alpha value is -3.07. The van der Waals surface area contributed by atoms with E-state index in [9.17, 15) is 17.6 Å². The van der Waals surface area contributed by atoms with Crippen LogP contribution in [-0.4, -0.2) is 24.4 Å². The molecule has 0 aliphatic heterocycles. The van der Waals surface area contributed by atoms with E-state index in [2.05, 4.69) is 25.0 Å². The topological polar surface area (TPSA) is 55.7 Å². The maximum atomic E-state index is 12.6. The van der Waals surface area contributed by atoms with Crippen LogP contribution in [0.3, 0.4) is 0 Å². The molecule has 0 aliphatic carbocycles. The van der Waals surface area contributed by atoms with Gasteiger partial charge in [0, 0.05) is 28.2 Å². The second-order valence-corrected chi connectivity index (χ2v) is 5.78. The molecule has 3 rings (SSSR count). The standard InChI is InChI=1S/C18H12ClF4N3O2/c19-11-2-4-13-14(5-6-24-15(13)7-11)26-25-9-10-1-3-12(27-17(20)21)8-16(10)28-18(22)23/h1-9,17-18H,(H,24,26)/b25-9+. The Balaban J connectivity index is 1.83. The minimum absolute atomic E-state index is 0.135. The summed E-state index contributed by atoms with van der Waals surface area (Å²) >= 11 is 5.94. The van der Waals surface area contributed by atoms with Gasteiger partial charge in [0.05, 0.1) is 17.4 Å². The molecule has 2 aromatic carbocycles. The van der Waals surface area contributed by atoms with Gasteiger partial charge in [0.25, 0.3) is 0 Å². The van der Waals surface area contributed by atoms with Gasteiger partial charge in [-0.1, -0.05) is 11.6 Å². The molecule has 0 saturated carbocycles. The van der Waals surface area contributed by atoms with Crippen LogP contribution in [0, 0.1) is 0 Å². The summed E-state index contributed by atoms with van der Waals surface area (Å²) in [6.07, 6.45) is 2.77. The molecule has 1 N–H and O–H groups in total. The van der Waals surface area contributed by atoms with Gasteiger partial charge in [-0.15, -0.1) is 0 Å². The Kier molecular flexibility index (Phi) is 6.15. The van der Waals surface area contributed by atoms with Gasteiger partial charge in [-0.2, -0.15) is 22.7 Å². The number of aromatic nitrogens is 1. The van der Waals surface area contributed by atoms with E-state index in [1.807, 2.05) is 0 Å². The van der Waals surface area contributed by atoms with E-state index in [1.165, 1.54) is 18.3 Å². The smallest absolute Gasteiger partial charge is 0.387 e. The van der Waals surface area contributed by atoms with Gasteiger partial charge in [0.15, 0.2) is 0 Å². The van der Waals surface area contributed by atoms with Gasteiger partial charge in [-0.3, -0.25) is 10.4 Å². The number of halogens is 5. The van der Waals surface area contributed by atoms with E-state index >= 15 is 0 Å². The molecule has 1 aromatic heterocycles. The third-order valence-electron chi connectivity index (χ3n) is 3.52. The summed E-state index contributed by atoms with van der Waals surface area (Å²) < 4.78 is 58.3. The number of benzene rings is 2. The molecule has 5 nitrogen and oxygen atoms in total. The van der Waals surface area contributed by atoms with Crippen molar-refractivity contribution in [2.45, 2.75) is 13.2 Å². The van der Waals surface area contributed by atoms with Gasteiger partial charge < -0.3 is 9.47 Å². The molecule has 0 saturated heterocycles. The monoisotopic (exact) mass is 413 g/mol. The highest BCUT2D eigenvalue weighted by Crippen LogP contribution is 2.27. The Labute approximate surface area is 161 Å². The van der Waals surface area contributed by atoms with Crippen molar-refractivity contribution in [1.29, 1.82) is 0 Å². The molecule has 10 heteroatoms. The number of pyridine rings is 1. The lowest BCUT2D eigenvalue weighted by Crippen LogP contribution is -2.07. The van der Waals surface area contributed by atoms with E-state index in [-0.39, 0.29) is 17.1 Å². The first-order chi connectivity index (χ1) is 13.4. The van der Waals surface area contributed by atoms with Crippen molar-refractivity contribution in [2.24, 2.45) is 5.10 Å². The van der Waals surface area contributed by atoms with Gasteiger partial charge in [-0.25, -0.2) is 0 Å². The van der Waals surface area contributed by atoms with Crippen molar-refractivity contribution in [3.05, 3.63) is 59.2 Å². The summed E-state index contributed by atoms with van der Waals surface area (Å²) in [7, 11) is 0. The first-order valence-corrected chi connectivity index (χ1v) is 8.17. The zero-order valence-corrected chi connectivity index (χ0v) is 14.7. The second-order valence-electron chi connectivity index (χ2n) is 5.35. The number of ether oxygens (including phenoxy) is 2. The van der Waals surface area contributed by atoms with Crippen LogP contribution in [-0.2, 0) is 0 Å². The Morgan fingerprint density at radius 1 is 1.00 bits per heavy atom. The predicted octanol–water partition coefficient (Wildman–Crippen LogP) is 5.54. The van der Waals surface area contributed by atoms with Crippen LogP contribution in [0.1, 0.15) is 5.56 Å². The van der Waals surface area contributed by atoms with E-state index in [1.54, 1.807) is 30.5 Å². The fourth-order valence-corrected chi connectivity index (χ4v) is 2.55. The number of alkyl halides is 4. The van der Waals surface area contributed by atoms with Crippen LogP contribution >= 0.6 is 11.6 Å². The molecule has 0 unspecified atom stereocenters. The number of hydrogen-bond donors (Lipinski definition) is 1. The lowest BCUT2D eigenvalue weighted by Gasteiger charge is -2.11. The number of hydrogen-bond acceptors (Lipinski definition) is 5. The van der Waals surface area contributed by atoms with Crippen molar-refractivity contribution in [3.63, 3.8) is 0 Å². The van der Waals surface area contributed by atoms with Crippen molar-refractivity contribution >= 4 is 34.4 Å². The molecule has 0 atom stereocenters. The fraction of sp³-hybridized carbons (Fsp3) is 0.111. The molecule has 28 heavy (non-hydrogen) atoms. The largest absolute Gasteiger partial charge is 0.435 e. The maximum Gasteiger partial charge on any atom is 0.387 e. The molecule has 0 fully saturated rings. The van der Waals surface area contributed by atoms with Crippen molar-refractivity contribution in [3.8, 4) is 11.5 Å². The molecule has 0 spiro atoms. The maximum absolute atomic E-state index is 12.6. The first-order valence-electron chi connectivity index (χ1n) is 7.79. The average molecular weight is 414 g/mol. The van der Waals surface area contributed by atoms with Crippen molar-refractivity contribution in [1.82, 2.24) is 4.98 Å². The molecule has 146 valence electrons. The summed E-state index contributed by atoms with van der Waals surface area (Å²) in [5, 5.41) is 5.27. The SMILES string of the molecule is FC(F)Oc1ccc(/C=N/Nc2ccnc3cc(Cl)ccc23)c(OC(F)F)c1. The molecule has 0 bridgehead atoms. The number of fused-ring (bicyclic) bond motifs is 1. The lowest BCUT2D eigenvalue weighted by atomic mass is 10.2. The van der Waals surface area contributed by atoms with E-state index < -0.39 is 13.2 Å². The van der Waals surface area contributed by atoms with Gasteiger partial charge in [0.1, 0.15) is 11.5 Å². The van der Waals surface area contributed by atoms with Gasteiger partial charge >= 0.3 is 13.2 Å². The summed E-state index contributed by atoms with van der Waals surface area (Å²) in [5.41, 5.74) is 4.16. The minimum Gasteiger partial charge on any atom is -0.435 e. The highest BCUT2D eigenvalue weighted by atomic mass is 35.5. The molecule has 1 heterocycles. The quantitative estimate of drug-likeness (QED) is 0.314. The lowest BCUT2D eigenvalue weighted by molar-refractivity contribution is -0.0543. The molecular weight excluding hydrogens is 402 g/mol. The van der Waals surface area contributed by atoms with E-state index in [0.717, 1.165) is 11.5 Å². The second kappa shape index (κ2) is 8.75. The van der Waals surface area contributed by atoms with Gasteiger partial charge in [0.2, 0.25) is 0 Å². The summed E-state index contributed by atoms with van der Waals surface area (Å²) in [5.74, 6) is -0.669. The Bertz CT molecular complexity index is 1000. The van der Waals surface area contributed by atoms with Crippen LogP contribution in [0.5, 0.6) is 11.5 Å². The summed E-state index contributed by atoms with van der Waals surface area (Å²) in [6, 6.07) is 10.2. The minimum atomic E-state index is -3.14. The van der Waals surface area contributed by atoms with E-state index in [0.29, 0.717) is 16.2 Å². The average Bonchev–Trinajstić information content (AvgIpc) is 2.62. The van der Waals surface area contributed by atoms with Crippen molar-refractivity contribution < 1.29 is 27.0 Å². The molecule has 0 amide bonds. The van der Waals surface area contributed by atoms with Crippen LogP contribution in [0.4, 0.5) is 23.2 Å². The Morgan fingerprint density at radius 2 is 1.79 bits per heavy atom. The van der Waals surface area contributed by atoms with Crippen LogP contribution in [0.25, 0.3) is 10.9 Å². The highest BCUT2D eigenvalue weighted by Gasteiger charge is 2.12. The summed E-state index contributed by atoms with van der Waals surface area (Å²) in [4.78, 5) is 4.19. The van der Waals surface area contributed by atoms with Gasteiger partial charge in [-0.05, 0) is 36.4 Å². The number of anilines is 1.